The van der Waals surface area contributed by atoms with Gasteiger partial charge in [0.05, 0.1) is 12.1 Å². The van der Waals surface area contributed by atoms with Crippen molar-refractivity contribution in [1.82, 2.24) is 15.1 Å². The number of urea groups is 1. The molecule has 0 aromatic carbocycles. The molecule has 2 saturated heterocycles. The minimum Gasteiger partial charge on any atom is -0.323 e. The van der Waals surface area contributed by atoms with Gasteiger partial charge < -0.3 is 15.1 Å². The van der Waals surface area contributed by atoms with E-state index in [4.69, 9.17) is 0 Å². The zero-order chi connectivity index (χ0) is 11.8. The van der Waals surface area contributed by atoms with Crippen LogP contribution in [0.1, 0.15) is 38.5 Å². The van der Waals surface area contributed by atoms with E-state index in [1.54, 1.807) is 0 Å². The summed E-state index contributed by atoms with van der Waals surface area (Å²) in [5.74, 6) is 0. The second kappa shape index (κ2) is 4.48. The van der Waals surface area contributed by atoms with Crippen LogP contribution in [-0.2, 0) is 0 Å². The first-order valence-corrected chi connectivity index (χ1v) is 7.05. The van der Waals surface area contributed by atoms with Crippen LogP contribution in [0.15, 0.2) is 0 Å². The van der Waals surface area contributed by atoms with Gasteiger partial charge in [-0.3, -0.25) is 0 Å². The van der Waals surface area contributed by atoms with Crippen LogP contribution in [0.3, 0.4) is 0 Å². The molecule has 0 bridgehead atoms. The Balaban J connectivity index is 1.79. The first-order valence-electron chi connectivity index (χ1n) is 7.05. The molecule has 3 aliphatic rings. The summed E-state index contributed by atoms with van der Waals surface area (Å²) in [5.41, 5.74) is 0. The lowest BCUT2D eigenvalue weighted by atomic mass is 9.89. The van der Waals surface area contributed by atoms with Crippen molar-refractivity contribution in [3.05, 3.63) is 0 Å². The predicted octanol–water partition coefficient (Wildman–Crippen LogP) is 1.42. The number of amides is 2. The number of fused-ring (bicyclic) bond motifs is 1. The predicted molar refractivity (Wildman–Crippen MR) is 66.9 cm³/mol. The van der Waals surface area contributed by atoms with E-state index in [0.29, 0.717) is 18.1 Å². The molecule has 1 N–H and O–H groups in total. The Labute approximate surface area is 103 Å². The minimum atomic E-state index is 0.274. The van der Waals surface area contributed by atoms with E-state index < -0.39 is 0 Å². The molecule has 0 aromatic rings. The van der Waals surface area contributed by atoms with Gasteiger partial charge in [0.1, 0.15) is 0 Å². The van der Waals surface area contributed by atoms with Crippen molar-refractivity contribution < 1.29 is 4.79 Å². The van der Waals surface area contributed by atoms with E-state index in [0.717, 1.165) is 13.1 Å². The van der Waals surface area contributed by atoms with Crippen LogP contribution in [0, 0.1) is 0 Å². The van der Waals surface area contributed by atoms with Crippen molar-refractivity contribution in [2.75, 3.05) is 20.1 Å². The summed E-state index contributed by atoms with van der Waals surface area (Å²) in [6, 6.07) is 1.69. The maximum absolute atomic E-state index is 12.4. The van der Waals surface area contributed by atoms with Gasteiger partial charge in [-0.15, -0.1) is 0 Å². The van der Waals surface area contributed by atoms with Crippen molar-refractivity contribution in [2.24, 2.45) is 0 Å². The smallest absolute Gasteiger partial charge is 0.320 e. The summed E-state index contributed by atoms with van der Waals surface area (Å²) in [7, 11) is 1.99. The Kier molecular flexibility index (Phi) is 2.99. The van der Waals surface area contributed by atoms with Gasteiger partial charge in [0, 0.05) is 19.6 Å². The molecular formula is C13H23N3O. The van der Waals surface area contributed by atoms with Crippen molar-refractivity contribution in [1.29, 1.82) is 0 Å². The maximum atomic E-state index is 12.4. The fourth-order valence-electron chi connectivity index (χ4n) is 3.83. The second-order valence-electron chi connectivity index (χ2n) is 5.72. The molecule has 3 unspecified atom stereocenters. The molecule has 1 aliphatic carbocycles. The molecule has 2 aliphatic heterocycles. The van der Waals surface area contributed by atoms with Crippen molar-refractivity contribution >= 4 is 6.03 Å². The average molecular weight is 237 g/mol. The normalized spacial score (nSPS) is 38.4. The molecular weight excluding hydrogens is 214 g/mol. The van der Waals surface area contributed by atoms with E-state index in [-0.39, 0.29) is 6.03 Å². The quantitative estimate of drug-likeness (QED) is 0.748. The fraction of sp³-hybridized carbons (Fsp3) is 0.923. The standard InChI is InChI=1S/C13H23N3O/c1-15-11-6-2-3-7-12(11)16(13(15)17)10-5-4-8-14-9-10/h10-12,14H,2-9H2,1H3. The number of piperidine rings is 1. The Bertz CT molecular complexity index is 301. The Morgan fingerprint density at radius 3 is 2.59 bits per heavy atom. The molecule has 3 fully saturated rings. The number of likely N-dealkylation sites (N-methyl/N-ethyl adjacent to an activating group) is 1. The second-order valence-corrected chi connectivity index (χ2v) is 5.72. The minimum absolute atomic E-state index is 0.274. The molecule has 2 heterocycles. The summed E-state index contributed by atoms with van der Waals surface area (Å²) in [5, 5.41) is 3.43. The van der Waals surface area contributed by atoms with Crippen LogP contribution in [0.5, 0.6) is 0 Å². The van der Waals surface area contributed by atoms with Gasteiger partial charge in [0.2, 0.25) is 0 Å². The van der Waals surface area contributed by atoms with Gasteiger partial charge in [-0.1, -0.05) is 12.8 Å². The van der Waals surface area contributed by atoms with Gasteiger partial charge in [0.25, 0.3) is 0 Å². The topological polar surface area (TPSA) is 35.6 Å². The van der Waals surface area contributed by atoms with Crippen molar-refractivity contribution in [3.8, 4) is 0 Å². The third-order valence-corrected chi connectivity index (χ3v) is 4.74. The zero-order valence-electron chi connectivity index (χ0n) is 10.7. The van der Waals surface area contributed by atoms with Crippen molar-refractivity contribution in [2.45, 2.75) is 56.7 Å². The number of rotatable bonds is 1. The van der Waals surface area contributed by atoms with Gasteiger partial charge in [-0.05, 0) is 32.2 Å². The highest BCUT2D eigenvalue weighted by Gasteiger charge is 2.47. The highest BCUT2D eigenvalue weighted by atomic mass is 16.2. The molecule has 96 valence electrons. The first-order chi connectivity index (χ1) is 8.29. The van der Waals surface area contributed by atoms with E-state index in [9.17, 15) is 4.79 Å². The van der Waals surface area contributed by atoms with Crippen LogP contribution in [0.4, 0.5) is 4.79 Å². The maximum Gasteiger partial charge on any atom is 0.320 e. The van der Waals surface area contributed by atoms with Gasteiger partial charge in [-0.25, -0.2) is 4.79 Å². The van der Waals surface area contributed by atoms with Crippen LogP contribution < -0.4 is 5.32 Å². The third kappa shape index (κ3) is 1.82. The molecule has 0 spiro atoms. The summed E-state index contributed by atoms with van der Waals surface area (Å²) in [6.45, 7) is 2.10. The molecule has 4 heteroatoms. The van der Waals surface area contributed by atoms with Crippen LogP contribution >= 0.6 is 0 Å². The lowest BCUT2D eigenvalue weighted by Gasteiger charge is -2.37. The molecule has 0 aromatic heterocycles. The van der Waals surface area contributed by atoms with Crippen LogP contribution in [0.25, 0.3) is 0 Å². The molecule has 4 nitrogen and oxygen atoms in total. The summed E-state index contributed by atoms with van der Waals surface area (Å²) in [6.07, 6.45) is 7.36. The van der Waals surface area contributed by atoms with E-state index >= 15 is 0 Å². The molecule has 0 radical (unpaired) electrons. The zero-order valence-corrected chi connectivity index (χ0v) is 10.7. The number of hydrogen-bond acceptors (Lipinski definition) is 2. The van der Waals surface area contributed by atoms with Gasteiger partial charge in [-0.2, -0.15) is 0 Å². The number of hydrogen-bond donors (Lipinski definition) is 1. The van der Waals surface area contributed by atoms with E-state index in [1.807, 2.05) is 11.9 Å². The molecule has 17 heavy (non-hydrogen) atoms. The fourth-order valence-corrected chi connectivity index (χ4v) is 3.83. The average Bonchev–Trinajstić information content (AvgIpc) is 2.64. The van der Waals surface area contributed by atoms with Crippen LogP contribution in [-0.4, -0.2) is 54.1 Å². The number of carbonyl (C=O) groups is 1. The third-order valence-electron chi connectivity index (χ3n) is 4.74. The van der Waals surface area contributed by atoms with Gasteiger partial charge >= 0.3 is 6.03 Å². The lowest BCUT2D eigenvalue weighted by Crippen LogP contribution is -2.51. The summed E-state index contributed by atoms with van der Waals surface area (Å²) >= 11 is 0. The molecule has 3 rings (SSSR count). The Morgan fingerprint density at radius 1 is 1.12 bits per heavy atom. The summed E-state index contributed by atoms with van der Waals surface area (Å²) < 4.78 is 0. The summed E-state index contributed by atoms with van der Waals surface area (Å²) in [4.78, 5) is 16.6. The van der Waals surface area contributed by atoms with E-state index in [1.165, 1.54) is 38.5 Å². The van der Waals surface area contributed by atoms with E-state index in [2.05, 4.69) is 10.2 Å². The van der Waals surface area contributed by atoms with Gasteiger partial charge in [0.15, 0.2) is 0 Å². The SMILES string of the molecule is CN1C(=O)N(C2CCCNC2)C2CCCCC21. The Hall–Kier alpha value is -0.770. The lowest BCUT2D eigenvalue weighted by molar-refractivity contribution is 0.140. The largest absolute Gasteiger partial charge is 0.323 e. The highest BCUT2D eigenvalue weighted by Crippen LogP contribution is 2.35. The van der Waals surface area contributed by atoms with Crippen LogP contribution in [0.2, 0.25) is 0 Å². The molecule has 2 amide bonds. The van der Waals surface area contributed by atoms with Crippen molar-refractivity contribution in [3.63, 3.8) is 0 Å². The number of nitrogens with one attached hydrogen (secondary N) is 1. The molecule has 3 atom stereocenters. The molecule has 1 saturated carbocycles. The monoisotopic (exact) mass is 237 g/mol. The first kappa shape index (κ1) is 11.3. The Morgan fingerprint density at radius 2 is 1.88 bits per heavy atom. The number of nitrogens with zero attached hydrogens (tertiary/aromatic N) is 2. The highest BCUT2D eigenvalue weighted by molar-refractivity contribution is 5.78. The number of carbonyl (C=O) groups excluding carboxylic acids is 1.